The molecule has 8 heteroatoms. The number of hydrogen-bond acceptors (Lipinski definition) is 5. The number of H-pyrrole nitrogens is 1. The Hall–Kier alpha value is -2.38. The van der Waals surface area contributed by atoms with Crippen molar-refractivity contribution in [2.24, 2.45) is 5.92 Å². The van der Waals surface area contributed by atoms with Crippen molar-refractivity contribution in [2.75, 3.05) is 7.11 Å². The molecule has 0 spiro atoms. The van der Waals surface area contributed by atoms with Crippen molar-refractivity contribution in [3.8, 4) is 5.75 Å². The van der Waals surface area contributed by atoms with E-state index in [9.17, 15) is 9.59 Å². The van der Waals surface area contributed by atoms with Crippen LogP contribution in [-0.2, 0) is 30.6 Å². The molecule has 0 bridgehead atoms. The molecule has 1 aliphatic carbocycles. The van der Waals surface area contributed by atoms with E-state index in [0.29, 0.717) is 35.5 Å². The van der Waals surface area contributed by atoms with Crippen molar-refractivity contribution >= 4 is 39.1 Å². The molecule has 1 amide bonds. The number of halogens is 1. The van der Waals surface area contributed by atoms with Crippen LogP contribution in [0.4, 0.5) is 0 Å². The molecular formula is C22H24ClN3O3S. The third kappa shape index (κ3) is 4.37. The van der Waals surface area contributed by atoms with E-state index in [-0.39, 0.29) is 17.9 Å². The molecule has 6 nitrogen and oxygen atoms in total. The highest BCUT2D eigenvalue weighted by atomic mass is 35.5. The summed E-state index contributed by atoms with van der Waals surface area (Å²) < 4.78 is 5.30. The number of rotatable bonds is 6. The first-order valence-corrected chi connectivity index (χ1v) is 11.3. The van der Waals surface area contributed by atoms with Gasteiger partial charge in [-0.2, -0.15) is 0 Å². The maximum atomic E-state index is 12.7. The Morgan fingerprint density at radius 3 is 3.07 bits per heavy atom. The number of benzene rings is 1. The molecule has 30 heavy (non-hydrogen) atoms. The molecule has 1 unspecified atom stereocenters. The number of hydrogen-bond donors (Lipinski definition) is 2. The molecule has 1 atom stereocenters. The van der Waals surface area contributed by atoms with E-state index in [4.69, 9.17) is 16.3 Å². The molecule has 2 aromatic heterocycles. The van der Waals surface area contributed by atoms with Gasteiger partial charge in [0.25, 0.3) is 5.56 Å². The Balaban J connectivity index is 1.42. The SMILES string of the molecule is COc1ccc(Cl)cc1CNC(=O)CCc1nc2sc3c(c2c(=O)[nH]1)CCC(C)C3. The highest BCUT2D eigenvalue weighted by Crippen LogP contribution is 2.35. The molecule has 4 rings (SSSR count). The van der Waals surface area contributed by atoms with Crippen LogP contribution in [0.1, 0.15) is 41.6 Å². The zero-order valence-corrected chi connectivity index (χ0v) is 18.6. The summed E-state index contributed by atoms with van der Waals surface area (Å²) in [6, 6.07) is 5.29. The standard InChI is InChI=1S/C22H24ClN3O3S/c1-12-3-5-15-17(9-12)30-22-20(15)21(28)25-18(26-22)7-8-19(27)24-11-13-10-14(23)4-6-16(13)29-2/h4,6,10,12H,3,5,7-9,11H2,1-2H3,(H,24,27)(H,25,26,28). The molecule has 0 radical (unpaired) electrons. The number of fused-ring (bicyclic) bond motifs is 3. The van der Waals surface area contributed by atoms with Gasteiger partial charge in [0.1, 0.15) is 16.4 Å². The van der Waals surface area contributed by atoms with Gasteiger partial charge in [-0.05, 0) is 48.9 Å². The fraction of sp³-hybridized carbons (Fsp3) is 0.409. The van der Waals surface area contributed by atoms with Gasteiger partial charge in [-0.25, -0.2) is 4.98 Å². The van der Waals surface area contributed by atoms with Crippen LogP contribution < -0.4 is 15.6 Å². The van der Waals surface area contributed by atoms with Gasteiger partial charge in [-0.1, -0.05) is 18.5 Å². The first-order chi connectivity index (χ1) is 14.4. The van der Waals surface area contributed by atoms with Crippen LogP contribution in [0.25, 0.3) is 10.2 Å². The Bertz CT molecular complexity index is 1150. The van der Waals surface area contributed by atoms with Gasteiger partial charge >= 0.3 is 0 Å². The van der Waals surface area contributed by atoms with E-state index < -0.39 is 0 Å². The Labute approximate surface area is 183 Å². The number of nitrogens with zero attached hydrogens (tertiary/aromatic N) is 1. The van der Waals surface area contributed by atoms with Crippen molar-refractivity contribution < 1.29 is 9.53 Å². The Morgan fingerprint density at radius 2 is 2.27 bits per heavy atom. The predicted molar refractivity (Wildman–Crippen MR) is 120 cm³/mol. The first-order valence-electron chi connectivity index (χ1n) is 10.1. The average molecular weight is 446 g/mol. The van der Waals surface area contributed by atoms with Gasteiger partial charge in [0.05, 0.1) is 12.5 Å². The van der Waals surface area contributed by atoms with Gasteiger partial charge in [0, 0.05) is 34.8 Å². The van der Waals surface area contributed by atoms with Gasteiger partial charge in [0.2, 0.25) is 5.91 Å². The summed E-state index contributed by atoms with van der Waals surface area (Å²) in [6.07, 6.45) is 3.68. The second kappa shape index (κ2) is 8.78. The number of ether oxygens (including phenoxy) is 1. The molecule has 2 heterocycles. The highest BCUT2D eigenvalue weighted by Gasteiger charge is 2.23. The van der Waals surface area contributed by atoms with Crippen molar-refractivity contribution in [2.45, 2.75) is 45.6 Å². The van der Waals surface area contributed by atoms with Crippen molar-refractivity contribution in [1.82, 2.24) is 15.3 Å². The third-order valence-electron chi connectivity index (χ3n) is 5.52. The lowest BCUT2D eigenvalue weighted by atomic mass is 9.89. The topological polar surface area (TPSA) is 84.1 Å². The smallest absolute Gasteiger partial charge is 0.259 e. The summed E-state index contributed by atoms with van der Waals surface area (Å²) in [5.41, 5.74) is 1.89. The summed E-state index contributed by atoms with van der Waals surface area (Å²) >= 11 is 7.65. The molecule has 158 valence electrons. The van der Waals surface area contributed by atoms with E-state index >= 15 is 0 Å². The maximum absolute atomic E-state index is 12.7. The number of methoxy groups -OCH3 is 1. The molecule has 0 saturated carbocycles. The molecule has 3 aromatic rings. The van der Waals surface area contributed by atoms with Gasteiger partial charge in [0.15, 0.2) is 0 Å². The van der Waals surface area contributed by atoms with Gasteiger partial charge in [-0.3, -0.25) is 9.59 Å². The number of aryl methyl sites for hydroxylation is 2. The number of amides is 1. The normalized spacial score (nSPS) is 15.8. The third-order valence-corrected chi connectivity index (χ3v) is 6.91. The minimum absolute atomic E-state index is 0.0916. The molecule has 1 aromatic carbocycles. The van der Waals surface area contributed by atoms with Crippen LogP contribution in [0, 0.1) is 5.92 Å². The summed E-state index contributed by atoms with van der Waals surface area (Å²) in [4.78, 5) is 34.6. The van der Waals surface area contributed by atoms with Crippen LogP contribution in [0.2, 0.25) is 5.02 Å². The summed E-state index contributed by atoms with van der Waals surface area (Å²) in [5.74, 6) is 1.74. The highest BCUT2D eigenvalue weighted by molar-refractivity contribution is 7.18. The van der Waals surface area contributed by atoms with E-state index in [1.807, 2.05) is 0 Å². The summed E-state index contributed by atoms with van der Waals surface area (Å²) in [6.45, 7) is 2.56. The molecule has 0 saturated heterocycles. The van der Waals surface area contributed by atoms with E-state index in [0.717, 1.165) is 35.0 Å². The zero-order chi connectivity index (χ0) is 21.3. The average Bonchev–Trinajstić information content (AvgIpc) is 3.08. The second-order valence-corrected chi connectivity index (χ2v) is 9.30. The van der Waals surface area contributed by atoms with Crippen molar-refractivity contribution in [3.63, 3.8) is 0 Å². The Morgan fingerprint density at radius 1 is 1.43 bits per heavy atom. The lowest BCUT2D eigenvalue weighted by Gasteiger charge is -2.17. The molecule has 2 N–H and O–H groups in total. The van der Waals surface area contributed by atoms with E-state index in [1.54, 1.807) is 36.6 Å². The fourth-order valence-corrected chi connectivity index (χ4v) is 5.51. The number of carbonyl (C=O) groups excluding carboxylic acids is 1. The minimum atomic E-state index is -0.126. The minimum Gasteiger partial charge on any atom is -0.496 e. The number of carbonyl (C=O) groups is 1. The van der Waals surface area contributed by atoms with Gasteiger partial charge in [-0.15, -0.1) is 11.3 Å². The first kappa shape index (κ1) is 20.9. The zero-order valence-electron chi connectivity index (χ0n) is 17.0. The second-order valence-electron chi connectivity index (χ2n) is 7.78. The van der Waals surface area contributed by atoms with Gasteiger partial charge < -0.3 is 15.0 Å². The number of aromatic amines is 1. The number of thiophene rings is 1. The summed E-state index contributed by atoms with van der Waals surface area (Å²) in [5, 5.41) is 4.20. The van der Waals surface area contributed by atoms with Crippen LogP contribution in [0.5, 0.6) is 5.75 Å². The lowest BCUT2D eigenvalue weighted by molar-refractivity contribution is -0.121. The van der Waals surface area contributed by atoms with E-state index in [2.05, 4.69) is 22.2 Å². The van der Waals surface area contributed by atoms with Crippen LogP contribution in [0.3, 0.4) is 0 Å². The maximum Gasteiger partial charge on any atom is 0.259 e. The number of nitrogens with one attached hydrogen (secondary N) is 2. The monoisotopic (exact) mass is 445 g/mol. The predicted octanol–water partition coefficient (Wildman–Crippen LogP) is 4.02. The quantitative estimate of drug-likeness (QED) is 0.600. The molecule has 0 fully saturated rings. The molecule has 0 aliphatic heterocycles. The van der Waals surface area contributed by atoms with Crippen LogP contribution in [0.15, 0.2) is 23.0 Å². The number of aromatic nitrogens is 2. The van der Waals surface area contributed by atoms with E-state index in [1.165, 1.54) is 10.4 Å². The summed E-state index contributed by atoms with van der Waals surface area (Å²) in [7, 11) is 1.58. The fourth-order valence-electron chi connectivity index (χ4n) is 3.91. The molecule has 1 aliphatic rings. The van der Waals surface area contributed by atoms with Crippen LogP contribution >= 0.6 is 22.9 Å². The largest absolute Gasteiger partial charge is 0.496 e. The van der Waals surface area contributed by atoms with Crippen molar-refractivity contribution in [3.05, 3.63) is 55.4 Å². The Kier molecular flexibility index (Phi) is 6.11. The van der Waals surface area contributed by atoms with Crippen molar-refractivity contribution in [1.29, 1.82) is 0 Å². The molecular weight excluding hydrogens is 422 g/mol. The van der Waals surface area contributed by atoms with Crippen LogP contribution in [-0.4, -0.2) is 23.0 Å². The lowest BCUT2D eigenvalue weighted by Crippen LogP contribution is -2.24.